The van der Waals surface area contributed by atoms with Crippen molar-refractivity contribution in [3.8, 4) is 0 Å². The molecule has 0 saturated heterocycles. The molecule has 0 aromatic heterocycles. The highest BCUT2D eigenvalue weighted by molar-refractivity contribution is 7.80. The summed E-state index contributed by atoms with van der Waals surface area (Å²) in [5, 5.41) is 22.9. The normalized spacial score (nSPS) is 10.4. The highest BCUT2D eigenvalue weighted by Crippen LogP contribution is 2.22. The zero-order valence-corrected chi connectivity index (χ0v) is 16.7. The summed E-state index contributed by atoms with van der Waals surface area (Å²) < 4.78 is 0. The second kappa shape index (κ2) is 9.91. The summed E-state index contributed by atoms with van der Waals surface area (Å²) in [7, 11) is 0. The van der Waals surface area contributed by atoms with Crippen molar-refractivity contribution >= 4 is 34.6 Å². The Kier molecular flexibility index (Phi) is 7.60. The van der Waals surface area contributed by atoms with Gasteiger partial charge in [0.25, 0.3) is 11.6 Å². The van der Waals surface area contributed by atoms with E-state index in [0.717, 1.165) is 16.8 Å². The molecule has 0 aliphatic rings. The molecule has 0 atom stereocenters. The van der Waals surface area contributed by atoms with Gasteiger partial charge in [0.05, 0.1) is 4.92 Å². The molecule has 28 heavy (non-hydrogen) atoms. The summed E-state index contributed by atoms with van der Waals surface area (Å²) in [5.74, 6) is -0.509. The zero-order chi connectivity index (χ0) is 20.7. The number of nitrogens with zero attached hydrogens (tertiary/aromatic N) is 2. The molecule has 148 valence electrons. The smallest absolute Gasteiger partial charge is 0.270 e. The van der Waals surface area contributed by atoms with Gasteiger partial charge < -0.3 is 10.0 Å². The molecule has 0 spiro atoms. The van der Waals surface area contributed by atoms with Crippen LogP contribution in [0.2, 0.25) is 0 Å². The Hall–Kier alpha value is -2.84. The summed E-state index contributed by atoms with van der Waals surface area (Å²) in [6, 6.07) is 11.4. The predicted molar refractivity (Wildman–Crippen MR) is 113 cm³/mol. The van der Waals surface area contributed by atoms with Crippen LogP contribution in [0.15, 0.2) is 42.5 Å². The number of aliphatic hydroxyl groups is 1. The molecule has 0 bridgehead atoms. The van der Waals surface area contributed by atoms with Gasteiger partial charge in [0.15, 0.2) is 5.11 Å². The molecule has 8 heteroatoms. The average Bonchev–Trinajstić information content (AvgIpc) is 2.66. The van der Waals surface area contributed by atoms with E-state index >= 15 is 0 Å². The number of amides is 1. The lowest BCUT2D eigenvalue weighted by Crippen LogP contribution is -2.43. The second-order valence-corrected chi connectivity index (χ2v) is 6.83. The van der Waals surface area contributed by atoms with Crippen LogP contribution >= 0.6 is 12.2 Å². The van der Waals surface area contributed by atoms with E-state index in [4.69, 9.17) is 17.3 Å². The van der Waals surface area contributed by atoms with Gasteiger partial charge in [-0.1, -0.05) is 23.8 Å². The zero-order valence-electron chi connectivity index (χ0n) is 15.8. The van der Waals surface area contributed by atoms with Crippen molar-refractivity contribution in [2.75, 3.05) is 18.1 Å². The topological polar surface area (TPSA) is 95.7 Å². The monoisotopic (exact) mass is 401 g/mol. The Morgan fingerprint density at radius 2 is 1.96 bits per heavy atom. The van der Waals surface area contributed by atoms with Crippen LogP contribution in [0.25, 0.3) is 0 Å². The van der Waals surface area contributed by atoms with E-state index in [2.05, 4.69) is 5.32 Å². The highest BCUT2D eigenvalue weighted by Gasteiger charge is 2.18. The number of thiocarbonyl (C=S) groups is 1. The number of aliphatic hydroxyl groups excluding tert-OH is 1. The van der Waals surface area contributed by atoms with Gasteiger partial charge in [-0.25, -0.2) is 0 Å². The Morgan fingerprint density at radius 1 is 1.21 bits per heavy atom. The van der Waals surface area contributed by atoms with Crippen molar-refractivity contribution < 1.29 is 14.8 Å². The number of carbonyl (C=O) groups is 1. The number of rotatable bonds is 7. The molecular weight excluding hydrogens is 378 g/mol. The van der Waals surface area contributed by atoms with Crippen LogP contribution in [0.3, 0.4) is 0 Å². The predicted octanol–water partition coefficient (Wildman–Crippen LogP) is 3.51. The van der Waals surface area contributed by atoms with Crippen molar-refractivity contribution in [2.24, 2.45) is 0 Å². The first kappa shape index (κ1) is 21.5. The minimum atomic E-state index is -0.550. The number of unbranched alkanes of at least 4 members (excludes halogenated alkanes) is 1. The number of nitro groups is 1. The maximum absolute atomic E-state index is 12.5. The van der Waals surface area contributed by atoms with E-state index in [9.17, 15) is 14.9 Å². The van der Waals surface area contributed by atoms with E-state index < -0.39 is 10.8 Å². The third kappa shape index (κ3) is 5.58. The number of nitrogens with one attached hydrogen (secondary N) is 1. The summed E-state index contributed by atoms with van der Waals surface area (Å²) in [6.45, 7) is 4.56. The third-order valence-electron chi connectivity index (χ3n) is 4.22. The van der Waals surface area contributed by atoms with Gasteiger partial charge >= 0.3 is 0 Å². The van der Waals surface area contributed by atoms with Crippen molar-refractivity contribution in [2.45, 2.75) is 26.7 Å². The Balaban J connectivity index is 2.22. The van der Waals surface area contributed by atoms with Crippen LogP contribution < -0.4 is 10.2 Å². The Labute approximate surface area is 169 Å². The lowest BCUT2D eigenvalue weighted by molar-refractivity contribution is -0.384. The third-order valence-corrected chi connectivity index (χ3v) is 4.54. The van der Waals surface area contributed by atoms with Crippen LogP contribution in [-0.2, 0) is 0 Å². The van der Waals surface area contributed by atoms with Crippen LogP contribution in [0.5, 0.6) is 0 Å². The van der Waals surface area contributed by atoms with Crippen molar-refractivity contribution in [1.29, 1.82) is 0 Å². The molecule has 2 N–H and O–H groups in total. The van der Waals surface area contributed by atoms with Crippen molar-refractivity contribution in [1.82, 2.24) is 5.32 Å². The van der Waals surface area contributed by atoms with Gasteiger partial charge in [-0.05, 0) is 56.6 Å². The molecule has 2 rings (SSSR count). The van der Waals surface area contributed by atoms with Crippen LogP contribution in [-0.4, -0.2) is 34.2 Å². The molecule has 0 saturated carbocycles. The van der Waals surface area contributed by atoms with Crippen LogP contribution in [0, 0.1) is 24.0 Å². The molecule has 2 aromatic carbocycles. The van der Waals surface area contributed by atoms with Crippen LogP contribution in [0.1, 0.15) is 34.3 Å². The Morgan fingerprint density at radius 3 is 2.61 bits per heavy atom. The molecule has 0 aliphatic heterocycles. The number of anilines is 1. The van der Waals surface area contributed by atoms with Gasteiger partial charge in [0.2, 0.25) is 0 Å². The molecule has 0 fully saturated rings. The number of nitro benzene ring substituents is 1. The highest BCUT2D eigenvalue weighted by atomic mass is 32.1. The molecular formula is C20H23N3O4S. The number of carbonyl (C=O) groups excluding carboxylic acids is 1. The molecule has 7 nitrogen and oxygen atoms in total. The standard InChI is InChI=1S/C20H23N3O4S/c1-14-8-9-18(15(2)12-14)22(10-3-4-11-24)20(28)21-19(25)16-6-5-7-17(13-16)23(26)27/h5-9,12-13,24H,3-4,10-11H2,1-2H3,(H,21,25,28). The number of hydrogen-bond donors (Lipinski definition) is 2. The minimum Gasteiger partial charge on any atom is -0.396 e. The summed E-state index contributed by atoms with van der Waals surface area (Å²) in [6.07, 6.45) is 1.31. The molecule has 0 heterocycles. The van der Waals surface area contributed by atoms with Gasteiger partial charge in [-0.2, -0.15) is 0 Å². The van der Waals surface area contributed by atoms with Gasteiger partial charge in [0, 0.05) is 36.5 Å². The minimum absolute atomic E-state index is 0.0769. The fourth-order valence-corrected chi connectivity index (χ4v) is 3.10. The fraction of sp³-hybridized carbons (Fsp3) is 0.300. The summed E-state index contributed by atoms with van der Waals surface area (Å²) in [4.78, 5) is 24.7. The molecule has 0 radical (unpaired) electrons. The first-order valence-corrected chi connectivity index (χ1v) is 9.29. The molecule has 2 aromatic rings. The van der Waals surface area contributed by atoms with Crippen molar-refractivity contribution in [3.05, 3.63) is 69.3 Å². The first-order chi connectivity index (χ1) is 13.3. The van der Waals surface area contributed by atoms with E-state index in [1.807, 2.05) is 36.9 Å². The largest absolute Gasteiger partial charge is 0.396 e. The van der Waals surface area contributed by atoms with E-state index in [0.29, 0.717) is 19.4 Å². The number of non-ortho nitro benzene ring substituents is 1. The van der Waals surface area contributed by atoms with E-state index in [1.54, 1.807) is 0 Å². The molecule has 1 amide bonds. The lowest BCUT2D eigenvalue weighted by Gasteiger charge is -2.27. The summed E-state index contributed by atoms with van der Waals surface area (Å²) >= 11 is 5.46. The summed E-state index contributed by atoms with van der Waals surface area (Å²) in [5.41, 5.74) is 2.99. The van der Waals surface area contributed by atoms with Crippen LogP contribution in [0.4, 0.5) is 11.4 Å². The lowest BCUT2D eigenvalue weighted by atomic mass is 10.1. The average molecular weight is 401 g/mol. The van der Waals surface area contributed by atoms with Crippen molar-refractivity contribution in [3.63, 3.8) is 0 Å². The quantitative estimate of drug-likeness (QED) is 0.319. The van der Waals surface area contributed by atoms with Gasteiger partial charge in [-0.3, -0.25) is 20.2 Å². The maximum atomic E-state index is 12.5. The second-order valence-electron chi connectivity index (χ2n) is 6.44. The Bertz CT molecular complexity index is 886. The number of aryl methyl sites for hydroxylation is 2. The van der Waals surface area contributed by atoms with Gasteiger partial charge in [-0.15, -0.1) is 0 Å². The number of hydrogen-bond acceptors (Lipinski definition) is 5. The fourth-order valence-electron chi connectivity index (χ4n) is 2.82. The van der Waals surface area contributed by atoms with Gasteiger partial charge in [0.1, 0.15) is 0 Å². The number of benzene rings is 2. The van der Waals surface area contributed by atoms with E-state index in [1.165, 1.54) is 24.3 Å². The SMILES string of the molecule is Cc1ccc(N(CCCCO)C(=S)NC(=O)c2cccc([N+](=O)[O-])c2)c(C)c1. The molecule has 0 aliphatic carbocycles. The molecule has 0 unspecified atom stereocenters. The maximum Gasteiger partial charge on any atom is 0.270 e. The first-order valence-electron chi connectivity index (χ1n) is 8.89. The van der Waals surface area contributed by atoms with E-state index in [-0.39, 0.29) is 23.0 Å².